The second-order valence-corrected chi connectivity index (χ2v) is 6.71. The van der Waals surface area contributed by atoms with E-state index in [1.807, 2.05) is 4.90 Å². The number of urea groups is 1. The molecule has 2 aliphatic carbocycles. The van der Waals surface area contributed by atoms with Gasteiger partial charge in [0.1, 0.15) is 0 Å². The Morgan fingerprint density at radius 2 is 1.77 bits per heavy atom. The van der Waals surface area contributed by atoms with Crippen LogP contribution in [0.25, 0.3) is 0 Å². The second-order valence-electron chi connectivity index (χ2n) is 6.71. The molecule has 0 aromatic rings. The molecule has 22 heavy (non-hydrogen) atoms. The van der Waals surface area contributed by atoms with Gasteiger partial charge in [-0.05, 0) is 44.4 Å². The average Bonchev–Trinajstić information content (AvgIpc) is 3.31. The lowest BCUT2D eigenvalue weighted by atomic mass is 9.85. The SMILES string of the molecule is O=C(NC1CCC(C(F)(F)F)CC1)N1CCOC[C@@H]1C1CC1. The number of alkyl halides is 3. The summed E-state index contributed by atoms with van der Waals surface area (Å²) in [6.07, 6.45) is -0.783. The van der Waals surface area contributed by atoms with Crippen molar-refractivity contribution in [1.29, 1.82) is 0 Å². The van der Waals surface area contributed by atoms with E-state index in [0.717, 1.165) is 12.8 Å². The summed E-state index contributed by atoms with van der Waals surface area (Å²) < 4.78 is 43.4. The van der Waals surface area contributed by atoms with Gasteiger partial charge in [0.2, 0.25) is 0 Å². The first-order valence-corrected chi connectivity index (χ1v) is 8.16. The molecule has 1 heterocycles. The number of carbonyl (C=O) groups is 1. The van der Waals surface area contributed by atoms with Crippen LogP contribution in [0.2, 0.25) is 0 Å². The first kappa shape index (κ1) is 15.9. The van der Waals surface area contributed by atoms with Crippen LogP contribution in [0.5, 0.6) is 0 Å². The zero-order chi connectivity index (χ0) is 15.7. The zero-order valence-corrected chi connectivity index (χ0v) is 12.6. The summed E-state index contributed by atoms with van der Waals surface area (Å²) in [5.74, 6) is -0.671. The van der Waals surface area contributed by atoms with Crippen LogP contribution in [-0.2, 0) is 4.74 Å². The van der Waals surface area contributed by atoms with Crippen molar-refractivity contribution in [2.24, 2.45) is 11.8 Å². The van der Waals surface area contributed by atoms with Gasteiger partial charge in [0.05, 0.1) is 25.2 Å². The Labute approximate surface area is 128 Å². The van der Waals surface area contributed by atoms with Gasteiger partial charge in [-0.1, -0.05) is 0 Å². The van der Waals surface area contributed by atoms with Gasteiger partial charge in [0.15, 0.2) is 0 Å². The van der Waals surface area contributed by atoms with Gasteiger partial charge in [-0.3, -0.25) is 0 Å². The minimum Gasteiger partial charge on any atom is -0.377 e. The Morgan fingerprint density at radius 3 is 2.36 bits per heavy atom. The molecule has 0 aromatic heterocycles. The van der Waals surface area contributed by atoms with E-state index in [2.05, 4.69) is 5.32 Å². The summed E-state index contributed by atoms with van der Waals surface area (Å²) in [5, 5.41) is 2.94. The molecule has 3 aliphatic rings. The van der Waals surface area contributed by atoms with Crippen LogP contribution in [-0.4, -0.2) is 48.9 Å². The molecule has 2 saturated carbocycles. The fraction of sp³-hybridized carbons (Fsp3) is 0.933. The molecule has 0 aromatic carbocycles. The second kappa shape index (κ2) is 6.26. The lowest BCUT2D eigenvalue weighted by molar-refractivity contribution is -0.182. The van der Waals surface area contributed by atoms with E-state index >= 15 is 0 Å². The Bertz CT molecular complexity index is 404. The largest absolute Gasteiger partial charge is 0.391 e. The fourth-order valence-electron chi connectivity index (χ4n) is 3.57. The minimum atomic E-state index is -4.10. The highest BCUT2D eigenvalue weighted by Gasteiger charge is 2.43. The van der Waals surface area contributed by atoms with Gasteiger partial charge < -0.3 is 15.0 Å². The first-order chi connectivity index (χ1) is 10.4. The number of rotatable bonds is 2. The molecule has 2 amide bonds. The first-order valence-electron chi connectivity index (χ1n) is 8.16. The number of morpholine rings is 1. The van der Waals surface area contributed by atoms with Gasteiger partial charge >= 0.3 is 12.2 Å². The topological polar surface area (TPSA) is 41.6 Å². The number of amides is 2. The number of halogens is 3. The molecule has 0 spiro atoms. The van der Waals surface area contributed by atoms with Gasteiger partial charge in [-0.25, -0.2) is 4.79 Å². The number of nitrogens with zero attached hydrogens (tertiary/aromatic N) is 1. The summed E-state index contributed by atoms with van der Waals surface area (Å²) in [4.78, 5) is 14.3. The van der Waals surface area contributed by atoms with Crippen molar-refractivity contribution in [1.82, 2.24) is 10.2 Å². The van der Waals surface area contributed by atoms with Crippen LogP contribution < -0.4 is 5.32 Å². The van der Waals surface area contributed by atoms with E-state index in [9.17, 15) is 18.0 Å². The van der Waals surface area contributed by atoms with Gasteiger partial charge in [0, 0.05) is 12.6 Å². The summed E-state index contributed by atoms with van der Waals surface area (Å²) in [6, 6.07) is -0.121. The fourth-order valence-corrected chi connectivity index (χ4v) is 3.57. The standard InChI is InChI=1S/C15H23F3N2O2/c16-15(17,18)11-3-5-12(6-4-11)19-14(21)20-7-8-22-9-13(20)10-1-2-10/h10-13H,1-9H2,(H,19,21)/t11?,12?,13-/m1/s1. The monoisotopic (exact) mass is 320 g/mol. The maximum Gasteiger partial charge on any atom is 0.391 e. The molecular weight excluding hydrogens is 297 g/mol. The van der Waals surface area contributed by atoms with Crippen molar-refractivity contribution < 1.29 is 22.7 Å². The van der Waals surface area contributed by atoms with Crippen LogP contribution in [0.4, 0.5) is 18.0 Å². The molecule has 1 N–H and O–H groups in total. The predicted molar refractivity (Wildman–Crippen MR) is 74.4 cm³/mol. The van der Waals surface area contributed by atoms with Crippen molar-refractivity contribution in [3.05, 3.63) is 0 Å². The molecule has 3 fully saturated rings. The molecular formula is C15H23F3N2O2. The third-order valence-electron chi connectivity index (χ3n) is 5.11. The molecule has 1 atom stereocenters. The quantitative estimate of drug-likeness (QED) is 0.850. The smallest absolute Gasteiger partial charge is 0.377 e. The van der Waals surface area contributed by atoms with E-state index in [1.165, 1.54) is 0 Å². The highest BCUT2D eigenvalue weighted by atomic mass is 19.4. The lowest BCUT2D eigenvalue weighted by Crippen LogP contribution is -2.55. The molecule has 4 nitrogen and oxygen atoms in total. The third kappa shape index (κ3) is 3.67. The van der Waals surface area contributed by atoms with E-state index in [4.69, 9.17) is 4.74 Å². The van der Waals surface area contributed by atoms with E-state index in [1.54, 1.807) is 0 Å². The van der Waals surface area contributed by atoms with Crippen LogP contribution in [0, 0.1) is 11.8 Å². The summed E-state index contributed by atoms with van der Waals surface area (Å²) >= 11 is 0. The van der Waals surface area contributed by atoms with Gasteiger partial charge in [-0.2, -0.15) is 13.2 Å². The van der Waals surface area contributed by atoms with Crippen LogP contribution in [0.1, 0.15) is 38.5 Å². The van der Waals surface area contributed by atoms with Crippen molar-refractivity contribution in [2.75, 3.05) is 19.8 Å². The summed E-state index contributed by atoms with van der Waals surface area (Å²) in [7, 11) is 0. The van der Waals surface area contributed by atoms with Crippen LogP contribution in [0.3, 0.4) is 0 Å². The van der Waals surface area contributed by atoms with Crippen molar-refractivity contribution in [3.8, 4) is 0 Å². The number of carbonyl (C=O) groups excluding carboxylic acids is 1. The van der Waals surface area contributed by atoms with Crippen LogP contribution >= 0.6 is 0 Å². The Balaban J connectivity index is 1.49. The molecule has 7 heteroatoms. The Kier molecular flexibility index (Phi) is 4.52. The summed E-state index contributed by atoms with van der Waals surface area (Å²) in [5.41, 5.74) is 0. The minimum absolute atomic E-state index is 0.115. The van der Waals surface area contributed by atoms with Gasteiger partial charge in [0.25, 0.3) is 0 Å². The highest BCUT2D eigenvalue weighted by Crippen LogP contribution is 2.38. The Morgan fingerprint density at radius 1 is 1.09 bits per heavy atom. The zero-order valence-electron chi connectivity index (χ0n) is 12.6. The van der Waals surface area contributed by atoms with Crippen molar-refractivity contribution >= 4 is 6.03 Å². The maximum absolute atomic E-state index is 12.7. The lowest BCUT2D eigenvalue weighted by Gasteiger charge is -2.38. The molecule has 1 aliphatic heterocycles. The Hall–Kier alpha value is -0.980. The normalized spacial score (nSPS) is 33.6. The molecule has 3 rings (SSSR count). The number of nitrogens with one attached hydrogen (secondary N) is 1. The van der Waals surface area contributed by atoms with Crippen molar-refractivity contribution in [3.63, 3.8) is 0 Å². The maximum atomic E-state index is 12.7. The molecule has 0 bridgehead atoms. The predicted octanol–water partition coefficient (Wildman–Crippen LogP) is 2.93. The molecule has 0 radical (unpaired) electrons. The number of ether oxygens (including phenoxy) is 1. The van der Waals surface area contributed by atoms with E-state index in [0.29, 0.717) is 38.5 Å². The van der Waals surface area contributed by atoms with Crippen molar-refractivity contribution in [2.45, 2.75) is 56.8 Å². The highest BCUT2D eigenvalue weighted by molar-refractivity contribution is 5.75. The summed E-state index contributed by atoms with van der Waals surface area (Å²) in [6.45, 7) is 1.70. The van der Waals surface area contributed by atoms with E-state index in [-0.39, 0.29) is 31.0 Å². The average molecular weight is 320 g/mol. The molecule has 126 valence electrons. The molecule has 1 saturated heterocycles. The van der Waals surface area contributed by atoms with E-state index < -0.39 is 12.1 Å². The number of hydrogen-bond donors (Lipinski definition) is 1. The van der Waals surface area contributed by atoms with Gasteiger partial charge in [-0.15, -0.1) is 0 Å². The van der Waals surface area contributed by atoms with Crippen LogP contribution in [0.15, 0.2) is 0 Å². The number of hydrogen-bond acceptors (Lipinski definition) is 2. The third-order valence-corrected chi connectivity index (χ3v) is 5.11. The molecule has 0 unspecified atom stereocenters.